The largest absolute Gasteiger partial charge is 0.333 e. The van der Waals surface area contributed by atoms with Crippen LogP contribution in [0.4, 0.5) is 0 Å². The van der Waals surface area contributed by atoms with Crippen molar-refractivity contribution < 1.29 is 4.79 Å². The zero-order chi connectivity index (χ0) is 12.5. The van der Waals surface area contributed by atoms with Gasteiger partial charge in [-0.2, -0.15) is 0 Å². The Bertz CT molecular complexity index is 455. The third kappa shape index (κ3) is 1.90. The van der Waals surface area contributed by atoms with Crippen LogP contribution in [0.3, 0.4) is 0 Å². The smallest absolute Gasteiger partial charge is 0.220 e. The number of amides is 1. The SMILES string of the molecule is CC(=O)N1CCC[C@@H]1c1nnc2n1CCNCC2. The number of carbonyl (C=O) groups is 1. The first-order valence-electron chi connectivity index (χ1n) is 6.67. The molecule has 0 spiro atoms. The Hall–Kier alpha value is -1.43. The second kappa shape index (κ2) is 4.68. The minimum atomic E-state index is 0.127. The van der Waals surface area contributed by atoms with Crippen LogP contribution in [0.25, 0.3) is 0 Å². The molecule has 2 aliphatic rings. The number of fused-ring (bicyclic) bond motifs is 1. The molecule has 0 saturated carbocycles. The van der Waals surface area contributed by atoms with Crippen LogP contribution < -0.4 is 5.32 Å². The van der Waals surface area contributed by atoms with E-state index in [0.717, 1.165) is 57.1 Å². The molecule has 2 aliphatic heterocycles. The van der Waals surface area contributed by atoms with Crippen molar-refractivity contribution in [3.05, 3.63) is 11.6 Å². The highest BCUT2D eigenvalue weighted by molar-refractivity contribution is 5.74. The van der Waals surface area contributed by atoms with E-state index in [2.05, 4.69) is 20.1 Å². The molecule has 6 heteroatoms. The highest BCUT2D eigenvalue weighted by Crippen LogP contribution is 2.31. The highest BCUT2D eigenvalue weighted by Gasteiger charge is 2.32. The number of likely N-dealkylation sites (tertiary alicyclic amines) is 1. The molecule has 1 atom stereocenters. The molecule has 0 aromatic carbocycles. The summed E-state index contributed by atoms with van der Waals surface area (Å²) in [5.41, 5.74) is 0. The van der Waals surface area contributed by atoms with Crippen LogP contribution in [-0.2, 0) is 17.8 Å². The van der Waals surface area contributed by atoms with Gasteiger partial charge in [0.15, 0.2) is 5.82 Å². The zero-order valence-electron chi connectivity index (χ0n) is 10.7. The van der Waals surface area contributed by atoms with Crippen molar-refractivity contribution in [2.75, 3.05) is 19.6 Å². The molecule has 98 valence electrons. The fourth-order valence-electron chi connectivity index (χ4n) is 2.95. The average molecular weight is 249 g/mol. The van der Waals surface area contributed by atoms with E-state index in [-0.39, 0.29) is 11.9 Å². The summed E-state index contributed by atoms with van der Waals surface area (Å²) in [6.07, 6.45) is 2.98. The number of rotatable bonds is 1. The van der Waals surface area contributed by atoms with Gasteiger partial charge in [-0.3, -0.25) is 4.79 Å². The van der Waals surface area contributed by atoms with Crippen molar-refractivity contribution in [2.45, 2.75) is 38.8 Å². The average Bonchev–Trinajstić information content (AvgIpc) is 2.90. The van der Waals surface area contributed by atoms with Crippen molar-refractivity contribution in [3.63, 3.8) is 0 Å². The van der Waals surface area contributed by atoms with Crippen LogP contribution in [0.2, 0.25) is 0 Å². The summed E-state index contributed by atoms with van der Waals surface area (Å²) in [5.74, 6) is 2.16. The summed E-state index contributed by atoms with van der Waals surface area (Å²) in [6.45, 7) is 5.30. The minimum absolute atomic E-state index is 0.127. The van der Waals surface area contributed by atoms with Crippen molar-refractivity contribution in [2.24, 2.45) is 0 Å². The first-order chi connectivity index (χ1) is 8.77. The molecule has 1 fully saturated rings. The Balaban J connectivity index is 1.92. The van der Waals surface area contributed by atoms with Crippen molar-refractivity contribution in [1.29, 1.82) is 0 Å². The molecule has 3 rings (SSSR count). The molecule has 1 aromatic heterocycles. The van der Waals surface area contributed by atoms with Crippen LogP contribution >= 0.6 is 0 Å². The van der Waals surface area contributed by atoms with Crippen LogP contribution in [0.1, 0.15) is 37.5 Å². The summed E-state index contributed by atoms with van der Waals surface area (Å²) in [5, 5.41) is 12.0. The van der Waals surface area contributed by atoms with E-state index in [1.165, 1.54) is 0 Å². The molecule has 6 nitrogen and oxygen atoms in total. The van der Waals surface area contributed by atoms with Gasteiger partial charge in [0, 0.05) is 39.5 Å². The molecule has 0 radical (unpaired) electrons. The standard InChI is InChI=1S/C12H19N5O/c1-9(18)16-7-2-3-10(16)12-15-14-11-4-5-13-6-8-17(11)12/h10,13H,2-8H2,1H3/t10-/m1/s1. The van der Waals surface area contributed by atoms with E-state index in [1.54, 1.807) is 6.92 Å². The van der Waals surface area contributed by atoms with Crippen LogP contribution in [-0.4, -0.2) is 45.2 Å². The maximum Gasteiger partial charge on any atom is 0.220 e. The number of carbonyl (C=O) groups excluding carboxylic acids is 1. The molecular weight excluding hydrogens is 230 g/mol. The minimum Gasteiger partial charge on any atom is -0.333 e. The topological polar surface area (TPSA) is 63.1 Å². The molecular formula is C12H19N5O. The summed E-state index contributed by atoms with van der Waals surface area (Å²) >= 11 is 0. The summed E-state index contributed by atoms with van der Waals surface area (Å²) < 4.78 is 2.20. The first-order valence-corrected chi connectivity index (χ1v) is 6.67. The van der Waals surface area contributed by atoms with Gasteiger partial charge in [0.05, 0.1) is 6.04 Å². The third-order valence-electron chi connectivity index (χ3n) is 3.85. The van der Waals surface area contributed by atoms with Crippen LogP contribution in [0, 0.1) is 0 Å². The summed E-state index contributed by atoms with van der Waals surface area (Å²) in [7, 11) is 0. The fourth-order valence-corrected chi connectivity index (χ4v) is 2.95. The number of nitrogens with zero attached hydrogens (tertiary/aromatic N) is 4. The molecule has 1 saturated heterocycles. The molecule has 1 aromatic rings. The summed E-state index contributed by atoms with van der Waals surface area (Å²) in [6, 6.07) is 0.127. The molecule has 1 N–H and O–H groups in total. The van der Waals surface area contributed by atoms with Crippen molar-refractivity contribution in [3.8, 4) is 0 Å². The summed E-state index contributed by atoms with van der Waals surface area (Å²) in [4.78, 5) is 13.6. The number of hydrogen-bond acceptors (Lipinski definition) is 4. The van der Waals surface area contributed by atoms with Crippen LogP contribution in [0.15, 0.2) is 0 Å². The quantitative estimate of drug-likeness (QED) is 0.767. The molecule has 18 heavy (non-hydrogen) atoms. The monoisotopic (exact) mass is 249 g/mol. The Morgan fingerprint density at radius 3 is 3.06 bits per heavy atom. The predicted octanol–water partition coefficient (Wildman–Crippen LogP) is 0.107. The van der Waals surface area contributed by atoms with Gasteiger partial charge in [0.25, 0.3) is 0 Å². The van der Waals surface area contributed by atoms with E-state index in [4.69, 9.17) is 0 Å². The Labute approximate surface area is 106 Å². The first kappa shape index (κ1) is 11.6. The zero-order valence-corrected chi connectivity index (χ0v) is 10.7. The molecule has 0 unspecified atom stereocenters. The number of hydrogen-bond donors (Lipinski definition) is 1. The predicted molar refractivity (Wildman–Crippen MR) is 66.0 cm³/mol. The molecule has 3 heterocycles. The lowest BCUT2D eigenvalue weighted by Gasteiger charge is -2.23. The highest BCUT2D eigenvalue weighted by atomic mass is 16.2. The fraction of sp³-hybridized carbons (Fsp3) is 0.750. The van der Waals surface area contributed by atoms with E-state index in [1.807, 2.05) is 4.90 Å². The third-order valence-corrected chi connectivity index (χ3v) is 3.85. The number of nitrogens with one attached hydrogen (secondary N) is 1. The lowest BCUT2D eigenvalue weighted by atomic mass is 10.2. The second-order valence-electron chi connectivity index (χ2n) is 5.00. The van der Waals surface area contributed by atoms with Gasteiger partial charge in [-0.1, -0.05) is 0 Å². The van der Waals surface area contributed by atoms with Gasteiger partial charge < -0.3 is 14.8 Å². The van der Waals surface area contributed by atoms with Gasteiger partial charge >= 0.3 is 0 Å². The Morgan fingerprint density at radius 1 is 1.33 bits per heavy atom. The second-order valence-corrected chi connectivity index (χ2v) is 5.00. The molecule has 1 amide bonds. The van der Waals surface area contributed by atoms with Crippen molar-refractivity contribution >= 4 is 5.91 Å². The molecule has 0 bridgehead atoms. The van der Waals surface area contributed by atoms with E-state index in [0.29, 0.717) is 0 Å². The Kier molecular flexibility index (Phi) is 3.03. The van der Waals surface area contributed by atoms with Gasteiger partial charge in [-0.05, 0) is 12.8 Å². The maximum absolute atomic E-state index is 11.6. The van der Waals surface area contributed by atoms with Gasteiger partial charge in [-0.15, -0.1) is 10.2 Å². The van der Waals surface area contributed by atoms with Crippen LogP contribution in [0.5, 0.6) is 0 Å². The number of aromatic nitrogens is 3. The maximum atomic E-state index is 11.6. The van der Waals surface area contributed by atoms with E-state index < -0.39 is 0 Å². The molecule has 0 aliphatic carbocycles. The van der Waals surface area contributed by atoms with E-state index >= 15 is 0 Å². The normalized spacial score (nSPS) is 23.8. The van der Waals surface area contributed by atoms with Gasteiger partial charge in [0.2, 0.25) is 5.91 Å². The van der Waals surface area contributed by atoms with Gasteiger partial charge in [-0.25, -0.2) is 0 Å². The van der Waals surface area contributed by atoms with E-state index in [9.17, 15) is 4.79 Å². The lowest BCUT2D eigenvalue weighted by molar-refractivity contribution is -0.129. The van der Waals surface area contributed by atoms with Crippen molar-refractivity contribution in [1.82, 2.24) is 25.0 Å². The van der Waals surface area contributed by atoms with Gasteiger partial charge in [0.1, 0.15) is 5.82 Å². The lowest BCUT2D eigenvalue weighted by Crippen LogP contribution is -2.30. The Morgan fingerprint density at radius 2 is 2.22 bits per heavy atom.